The van der Waals surface area contributed by atoms with E-state index in [-0.39, 0.29) is 17.5 Å². The van der Waals surface area contributed by atoms with Crippen molar-refractivity contribution >= 4 is 0 Å². The Morgan fingerprint density at radius 1 is 0.941 bits per heavy atom. The number of benzene rings is 2. The summed E-state index contributed by atoms with van der Waals surface area (Å²) in [7, 11) is 6.68. The lowest BCUT2D eigenvalue weighted by Crippen LogP contribution is -2.25. The normalized spacial score (nSPS) is 14.7. The second kappa shape index (κ2) is 9.65. The first-order valence-corrected chi connectivity index (χ1v) is 11.1. The molecule has 34 heavy (non-hydrogen) atoms. The highest BCUT2D eigenvalue weighted by Gasteiger charge is 2.30. The molecular formula is C27H29NO6. The number of fused-ring (bicyclic) bond motifs is 3. The fourth-order valence-electron chi connectivity index (χ4n) is 4.77. The van der Waals surface area contributed by atoms with E-state index in [0.717, 1.165) is 27.8 Å². The van der Waals surface area contributed by atoms with E-state index in [1.54, 1.807) is 39.5 Å². The highest BCUT2D eigenvalue weighted by molar-refractivity contribution is 5.82. The van der Waals surface area contributed by atoms with Crippen molar-refractivity contribution in [3.05, 3.63) is 75.4 Å². The summed E-state index contributed by atoms with van der Waals surface area (Å²) in [5.41, 5.74) is 3.69. The summed E-state index contributed by atoms with van der Waals surface area (Å²) in [6.07, 6.45) is 1.40. The molecule has 1 aliphatic rings. The van der Waals surface area contributed by atoms with Crippen LogP contribution in [0.4, 0.5) is 0 Å². The van der Waals surface area contributed by atoms with Gasteiger partial charge in [-0.05, 0) is 60.8 Å². The van der Waals surface area contributed by atoms with Crippen LogP contribution in [0.15, 0.2) is 53.3 Å². The highest BCUT2D eigenvalue weighted by atomic mass is 16.5. The van der Waals surface area contributed by atoms with Gasteiger partial charge in [-0.3, -0.25) is 9.69 Å². The Hall–Kier alpha value is -3.71. The molecule has 0 saturated carbocycles. The van der Waals surface area contributed by atoms with Crippen LogP contribution in [0.2, 0.25) is 0 Å². The fourth-order valence-corrected chi connectivity index (χ4v) is 4.77. The molecule has 0 aliphatic heterocycles. The van der Waals surface area contributed by atoms with Crippen molar-refractivity contribution < 1.29 is 24.4 Å². The lowest BCUT2D eigenvalue weighted by molar-refractivity contribution is 0.223. The van der Waals surface area contributed by atoms with Gasteiger partial charge < -0.3 is 24.4 Å². The molecule has 7 heteroatoms. The number of hydrogen-bond acceptors (Lipinski definition) is 7. The Bertz CT molecular complexity index is 1270. The summed E-state index contributed by atoms with van der Waals surface area (Å²) in [5, 5.41) is 20.5. The zero-order valence-electron chi connectivity index (χ0n) is 19.8. The molecular weight excluding hydrogens is 434 g/mol. The van der Waals surface area contributed by atoms with Crippen LogP contribution in [0, 0.1) is 0 Å². The van der Waals surface area contributed by atoms with Gasteiger partial charge in [0.15, 0.2) is 17.2 Å². The minimum atomic E-state index is -0.454. The number of para-hydroxylation sites is 1. The standard InChI is InChI=1S/C27H29NO6/c1-28(15-17-7-5-6-8-21(17)29)20-11-9-16-13-24(32-2)26(33-3)27(34-4)25(16)18-10-12-22(30)23(31)14-19(18)20/h5-8,10,12-14,20,29H,9,11,15H2,1-4H3,(H,30,31)/t20-/m0/s1. The Labute approximate surface area is 198 Å². The van der Waals surface area contributed by atoms with E-state index in [2.05, 4.69) is 4.90 Å². The number of hydrogen-bond donors (Lipinski definition) is 2. The summed E-state index contributed by atoms with van der Waals surface area (Å²) in [6.45, 7) is 0.482. The predicted molar refractivity (Wildman–Crippen MR) is 130 cm³/mol. The average molecular weight is 464 g/mol. The molecule has 0 aromatic heterocycles. The van der Waals surface area contributed by atoms with Crippen LogP contribution >= 0.6 is 0 Å². The van der Waals surface area contributed by atoms with Gasteiger partial charge in [-0.1, -0.05) is 24.3 Å². The van der Waals surface area contributed by atoms with Gasteiger partial charge in [-0.15, -0.1) is 0 Å². The number of nitrogens with zero attached hydrogens (tertiary/aromatic N) is 1. The maximum absolute atomic E-state index is 12.7. The minimum absolute atomic E-state index is 0.164. The van der Waals surface area contributed by atoms with Crippen LogP contribution in [0.3, 0.4) is 0 Å². The molecule has 0 spiro atoms. The van der Waals surface area contributed by atoms with Gasteiger partial charge in [0.1, 0.15) is 5.75 Å². The van der Waals surface area contributed by atoms with Crippen molar-refractivity contribution in [2.24, 2.45) is 0 Å². The molecule has 1 atom stereocenters. The molecule has 0 radical (unpaired) electrons. The van der Waals surface area contributed by atoms with Gasteiger partial charge >= 0.3 is 0 Å². The number of aromatic hydroxyl groups is 2. The van der Waals surface area contributed by atoms with E-state index in [1.165, 1.54) is 12.1 Å². The zero-order chi connectivity index (χ0) is 24.4. The average Bonchev–Trinajstić information content (AvgIpc) is 3.07. The third kappa shape index (κ3) is 4.15. The molecule has 1 aliphatic carbocycles. The molecule has 0 fully saturated rings. The van der Waals surface area contributed by atoms with Crippen LogP contribution in [0.25, 0.3) is 11.1 Å². The van der Waals surface area contributed by atoms with Crippen molar-refractivity contribution in [1.82, 2.24) is 4.90 Å². The Kier molecular flexibility index (Phi) is 6.65. The molecule has 0 saturated heterocycles. The van der Waals surface area contributed by atoms with Crippen LogP contribution in [0.5, 0.6) is 28.7 Å². The fraction of sp³-hybridized carbons (Fsp3) is 0.296. The SMILES string of the molecule is COc1cc2c(c(OC)c1OC)-c1ccc(O)c(=O)cc1[C@@H](N(C)Cc1ccccc1O)CC2. The Balaban J connectivity index is 1.94. The second-order valence-electron chi connectivity index (χ2n) is 8.37. The summed E-state index contributed by atoms with van der Waals surface area (Å²) in [5.74, 6) is 1.45. The molecule has 0 unspecified atom stereocenters. The largest absolute Gasteiger partial charge is 0.508 e. The quantitative estimate of drug-likeness (QED) is 0.564. The van der Waals surface area contributed by atoms with E-state index in [1.807, 2.05) is 25.2 Å². The summed E-state index contributed by atoms with van der Waals surface area (Å²) in [6, 6.07) is 13.7. The third-order valence-electron chi connectivity index (χ3n) is 6.43. The molecule has 0 amide bonds. The molecule has 178 valence electrons. The Morgan fingerprint density at radius 2 is 1.68 bits per heavy atom. The monoisotopic (exact) mass is 463 g/mol. The first-order chi connectivity index (χ1) is 16.4. The zero-order valence-corrected chi connectivity index (χ0v) is 19.8. The van der Waals surface area contributed by atoms with Crippen molar-refractivity contribution in [3.8, 4) is 39.9 Å². The number of aryl methyl sites for hydroxylation is 1. The number of ether oxygens (including phenoxy) is 3. The topological polar surface area (TPSA) is 88.5 Å². The number of rotatable bonds is 6. The molecule has 3 aromatic rings. The lowest BCUT2D eigenvalue weighted by atomic mass is 9.95. The van der Waals surface area contributed by atoms with E-state index < -0.39 is 5.43 Å². The van der Waals surface area contributed by atoms with Crippen molar-refractivity contribution in [3.63, 3.8) is 0 Å². The lowest BCUT2D eigenvalue weighted by Gasteiger charge is -2.28. The molecule has 0 bridgehead atoms. The van der Waals surface area contributed by atoms with Crippen LogP contribution in [-0.2, 0) is 13.0 Å². The number of phenols is 1. The van der Waals surface area contributed by atoms with Gasteiger partial charge in [0.05, 0.1) is 21.3 Å². The van der Waals surface area contributed by atoms with E-state index >= 15 is 0 Å². The van der Waals surface area contributed by atoms with Crippen molar-refractivity contribution in [1.29, 1.82) is 0 Å². The van der Waals surface area contributed by atoms with Crippen LogP contribution in [0.1, 0.15) is 29.2 Å². The summed E-state index contributed by atoms with van der Waals surface area (Å²) >= 11 is 0. The maximum atomic E-state index is 12.7. The van der Waals surface area contributed by atoms with Crippen LogP contribution in [-0.4, -0.2) is 43.5 Å². The van der Waals surface area contributed by atoms with Crippen molar-refractivity contribution in [2.75, 3.05) is 28.4 Å². The summed E-state index contributed by atoms with van der Waals surface area (Å²) in [4.78, 5) is 14.8. The van der Waals surface area contributed by atoms with E-state index in [0.29, 0.717) is 36.6 Å². The van der Waals surface area contributed by atoms with Gasteiger partial charge in [-0.25, -0.2) is 0 Å². The van der Waals surface area contributed by atoms with E-state index in [4.69, 9.17) is 14.2 Å². The summed E-state index contributed by atoms with van der Waals surface area (Å²) < 4.78 is 17.0. The maximum Gasteiger partial charge on any atom is 0.220 e. The van der Waals surface area contributed by atoms with Crippen LogP contribution < -0.4 is 19.6 Å². The molecule has 4 rings (SSSR count). The molecule has 7 nitrogen and oxygen atoms in total. The number of phenolic OH excluding ortho intramolecular Hbond substituents is 1. The van der Waals surface area contributed by atoms with Gasteiger partial charge in [0.25, 0.3) is 0 Å². The molecule has 0 heterocycles. The smallest absolute Gasteiger partial charge is 0.220 e. The third-order valence-corrected chi connectivity index (χ3v) is 6.43. The number of methoxy groups -OCH3 is 3. The van der Waals surface area contributed by atoms with Gasteiger partial charge in [0.2, 0.25) is 11.2 Å². The first kappa shape index (κ1) is 23.4. The molecule has 3 aromatic carbocycles. The minimum Gasteiger partial charge on any atom is -0.508 e. The second-order valence-corrected chi connectivity index (χ2v) is 8.37. The van der Waals surface area contributed by atoms with E-state index in [9.17, 15) is 15.0 Å². The van der Waals surface area contributed by atoms with Gasteiger partial charge in [0, 0.05) is 23.7 Å². The highest BCUT2D eigenvalue weighted by Crippen LogP contribution is 2.51. The van der Waals surface area contributed by atoms with Crippen molar-refractivity contribution in [2.45, 2.75) is 25.4 Å². The molecule has 2 N–H and O–H groups in total. The predicted octanol–water partition coefficient (Wildman–Crippen LogP) is 4.27. The van der Waals surface area contributed by atoms with Gasteiger partial charge in [-0.2, -0.15) is 0 Å². The Morgan fingerprint density at radius 3 is 2.35 bits per heavy atom. The first-order valence-electron chi connectivity index (χ1n) is 11.1.